The van der Waals surface area contributed by atoms with Gasteiger partial charge in [-0.05, 0) is 43.7 Å². The van der Waals surface area contributed by atoms with Crippen LogP contribution in [0.3, 0.4) is 0 Å². The maximum Gasteiger partial charge on any atom is 0.237 e. The zero-order chi connectivity index (χ0) is 19.5. The van der Waals surface area contributed by atoms with Crippen LogP contribution in [0.1, 0.15) is 19.4 Å². The van der Waals surface area contributed by atoms with E-state index in [1.54, 1.807) is 11.8 Å². The Balaban J connectivity index is 1.53. The molecule has 0 unspecified atom stereocenters. The quantitative estimate of drug-likeness (QED) is 0.435. The van der Waals surface area contributed by atoms with E-state index in [1.165, 1.54) is 27.4 Å². The van der Waals surface area contributed by atoms with Gasteiger partial charge in [-0.3, -0.25) is 4.79 Å². The minimum absolute atomic E-state index is 0.0412. The van der Waals surface area contributed by atoms with Crippen molar-refractivity contribution >= 4 is 45.2 Å². The molecule has 1 amide bonds. The molecule has 0 saturated heterocycles. The average molecular weight is 389 g/mol. The summed E-state index contributed by atoms with van der Waals surface area (Å²) < 4.78 is 2.31. The lowest BCUT2D eigenvalue weighted by molar-refractivity contribution is -0.115. The SMILES string of the molecule is CCn1c2ccccc2c2cc(NC(=O)[C@@H](C)SCc3ccccc3)ccc21. The second-order valence-electron chi connectivity index (χ2n) is 6.92. The molecule has 0 aliphatic rings. The lowest BCUT2D eigenvalue weighted by Crippen LogP contribution is -2.22. The van der Waals surface area contributed by atoms with Crippen LogP contribution in [0.5, 0.6) is 0 Å². The number of nitrogens with zero attached hydrogens (tertiary/aromatic N) is 1. The van der Waals surface area contributed by atoms with E-state index < -0.39 is 0 Å². The first kappa shape index (κ1) is 18.6. The fraction of sp³-hybridized carbons (Fsp3) is 0.208. The van der Waals surface area contributed by atoms with Gasteiger partial charge in [0.25, 0.3) is 0 Å². The van der Waals surface area contributed by atoms with Crippen LogP contribution in [-0.2, 0) is 17.1 Å². The number of aromatic nitrogens is 1. The van der Waals surface area contributed by atoms with E-state index in [4.69, 9.17) is 0 Å². The van der Waals surface area contributed by atoms with Crippen molar-refractivity contribution in [3.05, 3.63) is 78.4 Å². The van der Waals surface area contributed by atoms with E-state index in [2.05, 4.69) is 65.3 Å². The normalized spacial score (nSPS) is 12.4. The van der Waals surface area contributed by atoms with Crippen molar-refractivity contribution in [3.63, 3.8) is 0 Å². The zero-order valence-corrected chi connectivity index (χ0v) is 17.0. The molecule has 1 heterocycles. The van der Waals surface area contributed by atoms with E-state index in [0.29, 0.717) is 0 Å². The molecule has 1 atom stereocenters. The number of carbonyl (C=O) groups is 1. The number of hydrogen-bond acceptors (Lipinski definition) is 2. The molecule has 1 N–H and O–H groups in total. The van der Waals surface area contributed by atoms with Crippen molar-refractivity contribution in [1.82, 2.24) is 4.57 Å². The Morgan fingerprint density at radius 2 is 1.68 bits per heavy atom. The highest BCUT2D eigenvalue weighted by Crippen LogP contribution is 2.31. The number of aryl methyl sites for hydroxylation is 1. The Labute approximate surface area is 169 Å². The third kappa shape index (κ3) is 3.65. The van der Waals surface area contributed by atoms with Gasteiger partial charge in [0, 0.05) is 39.8 Å². The molecule has 0 bridgehead atoms. The first-order chi connectivity index (χ1) is 13.7. The smallest absolute Gasteiger partial charge is 0.237 e. The van der Waals surface area contributed by atoms with Crippen LogP contribution in [-0.4, -0.2) is 15.7 Å². The summed E-state index contributed by atoms with van der Waals surface area (Å²) in [5.41, 5.74) is 4.52. The number of para-hydroxylation sites is 1. The number of anilines is 1. The summed E-state index contributed by atoms with van der Waals surface area (Å²) in [6, 6.07) is 24.9. The summed E-state index contributed by atoms with van der Waals surface area (Å²) >= 11 is 1.65. The molecule has 142 valence electrons. The minimum atomic E-state index is -0.118. The fourth-order valence-electron chi connectivity index (χ4n) is 3.59. The second-order valence-corrected chi connectivity index (χ2v) is 8.25. The highest BCUT2D eigenvalue weighted by atomic mass is 32.2. The van der Waals surface area contributed by atoms with E-state index in [9.17, 15) is 4.79 Å². The minimum Gasteiger partial charge on any atom is -0.341 e. The van der Waals surface area contributed by atoms with E-state index in [-0.39, 0.29) is 11.2 Å². The van der Waals surface area contributed by atoms with Crippen molar-refractivity contribution in [1.29, 1.82) is 0 Å². The Morgan fingerprint density at radius 1 is 0.964 bits per heavy atom. The molecule has 0 radical (unpaired) electrons. The molecule has 4 heteroatoms. The predicted molar refractivity (Wildman–Crippen MR) is 121 cm³/mol. The number of thioether (sulfide) groups is 1. The number of amides is 1. The highest BCUT2D eigenvalue weighted by Gasteiger charge is 2.15. The lowest BCUT2D eigenvalue weighted by atomic mass is 10.1. The van der Waals surface area contributed by atoms with Gasteiger partial charge in [0.1, 0.15) is 0 Å². The summed E-state index contributed by atoms with van der Waals surface area (Å²) in [7, 11) is 0. The first-order valence-corrected chi connectivity index (χ1v) is 10.7. The van der Waals surface area contributed by atoms with Crippen LogP contribution in [0.25, 0.3) is 21.8 Å². The van der Waals surface area contributed by atoms with Gasteiger partial charge in [-0.2, -0.15) is 0 Å². The number of carbonyl (C=O) groups excluding carboxylic acids is 1. The van der Waals surface area contributed by atoms with Crippen LogP contribution >= 0.6 is 11.8 Å². The van der Waals surface area contributed by atoms with Crippen molar-refractivity contribution in [2.45, 2.75) is 31.4 Å². The summed E-state index contributed by atoms with van der Waals surface area (Å²) in [6.45, 7) is 5.04. The molecule has 0 saturated carbocycles. The van der Waals surface area contributed by atoms with Crippen LogP contribution in [0.4, 0.5) is 5.69 Å². The van der Waals surface area contributed by atoms with Crippen molar-refractivity contribution in [2.24, 2.45) is 0 Å². The molecule has 4 aromatic rings. The number of hydrogen-bond donors (Lipinski definition) is 1. The van der Waals surface area contributed by atoms with Crippen molar-refractivity contribution in [2.75, 3.05) is 5.32 Å². The molecule has 3 nitrogen and oxygen atoms in total. The van der Waals surface area contributed by atoms with Crippen LogP contribution in [0.15, 0.2) is 72.8 Å². The molecular weight excluding hydrogens is 364 g/mol. The molecule has 4 rings (SSSR count). The summed E-state index contributed by atoms with van der Waals surface area (Å²) in [5.74, 6) is 0.873. The predicted octanol–water partition coefficient (Wildman–Crippen LogP) is 6.07. The monoisotopic (exact) mass is 388 g/mol. The van der Waals surface area contributed by atoms with Crippen molar-refractivity contribution in [3.8, 4) is 0 Å². The van der Waals surface area contributed by atoms with Crippen LogP contribution < -0.4 is 5.32 Å². The fourth-order valence-corrected chi connectivity index (χ4v) is 4.43. The molecule has 1 aromatic heterocycles. The van der Waals surface area contributed by atoms with Gasteiger partial charge < -0.3 is 9.88 Å². The first-order valence-electron chi connectivity index (χ1n) is 9.64. The molecule has 3 aromatic carbocycles. The zero-order valence-electron chi connectivity index (χ0n) is 16.2. The Kier molecular flexibility index (Phi) is 5.40. The lowest BCUT2D eigenvalue weighted by Gasteiger charge is -2.12. The van der Waals surface area contributed by atoms with E-state index in [0.717, 1.165) is 18.0 Å². The van der Waals surface area contributed by atoms with Gasteiger partial charge in [0.05, 0.1) is 5.25 Å². The summed E-state index contributed by atoms with van der Waals surface area (Å²) in [5, 5.41) is 5.38. The van der Waals surface area contributed by atoms with Crippen molar-refractivity contribution < 1.29 is 4.79 Å². The van der Waals surface area contributed by atoms with Crippen LogP contribution in [0, 0.1) is 0 Å². The Bertz CT molecular complexity index is 1120. The van der Waals surface area contributed by atoms with Crippen LogP contribution in [0.2, 0.25) is 0 Å². The number of rotatable bonds is 6. The molecule has 28 heavy (non-hydrogen) atoms. The third-order valence-corrected chi connectivity index (χ3v) is 6.28. The Morgan fingerprint density at radius 3 is 2.46 bits per heavy atom. The highest BCUT2D eigenvalue weighted by molar-refractivity contribution is 7.99. The van der Waals surface area contributed by atoms with Gasteiger partial charge in [0.2, 0.25) is 5.91 Å². The van der Waals surface area contributed by atoms with Gasteiger partial charge in [-0.25, -0.2) is 0 Å². The number of nitrogens with one attached hydrogen (secondary N) is 1. The molecule has 0 aliphatic carbocycles. The summed E-state index contributed by atoms with van der Waals surface area (Å²) in [6.07, 6.45) is 0. The second kappa shape index (κ2) is 8.11. The van der Waals surface area contributed by atoms with E-state index >= 15 is 0 Å². The van der Waals surface area contributed by atoms with Gasteiger partial charge in [-0.15, -0.1) is 11.8 Å². The number of benzene rings is 3. The number of fused-ring (bicyclic) bond motifs is 3. The molecule has 0 aliphatic heterocycles. The van der Waals surface area contributed by atoms with Gasteiger partial charge in [-0.1, -0.05) is 48.5 Å². The standard InChI is InChI=1S/C24H24N2OS/c1-3-26-22-12-8-7-11-20(22)21-15-19(13-14-23(21)26)25-24(27)17(2)28-16-18-9-5-4-6-10-18/h4-15,17H,3,16H2,1-2H3,(H,25,27)/t17-/m1/s1. The largest absolute Gasteiger partial charge is 0.341 e. The van der Waals surface area contributed by atoms with Gasteiger partial charge in [0.15, 0.2) is 0 Å². The van der Waals surface area contributed by atoms with Gasteiger partial charge >= 0.3 is 0 Å². The average Bonchev–Trinajstić information content (AvgIpc) is 3.05. The molecule has 0 spiro atoms. The van der Waals surface area contributed by atoms with E-state index in [1.807, 2.05) is 31.2 Å². The summed E-state index contributed by atoms with van der Waals surface area (Å²) in [4.78, 5) is 12.7. The molecule has 0 fully saturated rings. The Hall–Kier alpha value is -2.72. The maximum absolute atomic E-state index is 12.7. The maximum atomic E-state index is 12.7. The third-order valence-electron chi connectivity index (χ3n) is 5.07. The molecular formula is C24H24N2OS. The topological polar surface area (TPSA) is 34.0 Å².